The number of hydrogen-bond donors (Lipinski definition) is 1. The smallest absolute Gasteiger partial charge is 0.241 e. The van der Waals surface area contributed by atoms with Crippen molar-refractivity contribution >= 4 is 17.2 Å². The Morgan fingerprint density at radius 1 is 1.52 bits per heavy atom. The first kappa shape index (κ1) is 14.2. The summed E-state index contributed by atoms with van der Waals surface area (Å²) in [6.45, 7) is 2.42. The number of carbonyl (C=O) groups excluding carboxylic acids is 1. The average Bonchev–Trinajstić information content (AvgIpc) is 3.18. The summed E-state index contributed by atoms with van der Waals surface area (Å²) >= 11 is 1.61. The second kappa shape index (κ2) is 6.36. The number of hydrogen-bond acceptors (Lipinski definition) is 6. The van der Waals surface area contributed by atoms with Crippen molar-refractivity contribution in [3.8, 4) is 11.4 Å². The predicted octanol–water partition coefficient (Wildman–Crippen LogP) is 1.76. The summed E-state index contributed by atoms with van der Waals surface area (Å²) < 4.78 is 5.31. The highest BCUT2D eigenvalue weighted by Gasteiger charge is 2.25. The lowest BCUT2D eigenvalue weighted by Gasteiger charge is -2.29. The maximum Gasteiger partial charge on any atom is 0.241 e. The topological polar surface area (TPSA) is 71.3 Å². The Kier molecular flexibility index (Phi) is 4.31. The molecule has 2 aromatic rings. The molecule has 0 aromatic carbocycles. The Morgan fingerprint density at radius 3 is 3.00 bits per heavy atom. The molecule has 1 aliphatic rings. The zero-order valence-corrected chi connectivity index (χ0v) is 12.7. The number of aromatic nitrogens is 2. The molecule has 6 nitrogen and oxygen atoms in total. The lowest BCUT2D eigenvalue weighted by molar-refractivity contribution is -0.125. The highest BCUT2D eigenvalue weighted by molar-refractivity contribution is 7.08. The van der Waals surface area contributed by atoms with E-state index in [1.165, 1.54) is 0 Å². The number of thiophene rings is 1. The molecular formula is C14H18N4O2S. The quantitative estimate of drug-likeness (QED) is 0.932. The van der Waals surface area contributed by atoms with Crippen molar-refractivity contribution in [2.24, 2.45) is 5.92 Å². The molecule has 112 valence electrons. The Morgan fingerprint density at radius 2 is 2.33 bits per heavy atom. The van der Waals surface area contributed by atoms with E-state index in [1.807, 2.05) is 16.8 Å². The molecule has 0 unspecified atom stereocenters. The standard InChI is InChI=1S/C14H18N4O2S/c1-15-14(19)10-2-5-18(6-3-10)8-12-16-13(17-20-12)11-4-7-21-9-11/h4,7,9-10H,2-3,5-6,8H2,1H3,(H,15,19). The fourth-order valence-corrected chi connectivity index (χ4v) is 3.21. The van der Waals surface area contributed by atoms with Crippen molar-refractivity contribution in [2.75, 3.05) is 20.1 Å². The van der Waals surface area contributed by atoms with Gasteiger partial charge in [0.2, 0.25) is 17.6 Å². The number of amides is 1. The van der Waals surface area contributed by atoms with Gasteiger partial charge >= 0.3 is 0 Å². The summed E-state index contributed by atoms with van der Waals surface area (Å²) in [5.41, 5.74) is 0.994. The van der Waals surface area contributed by atoms with E-state index in [0.29, 0.717) is 18.3 Å². The second-order valence-corrected chi connectivity index (χ2v) is 5.97. The van der Waals surface area contributed by atoms with Crippen molar-refractivity contribution in [2.45, 2.75) is 19.4 Å². The maximum absolute atomic E-state index is 11.6. The van der Waals surface area contributed by atoms with Crippen molar-refractivity contribution in [1.29, 1.82) is 0 Å². The highest BCUT2D eigenvalue weighted by atomic mass is 32.1. The number of rotatable bonds is 4. The third-order valence-corrected chi connectivity index (χ3v) is 4.49. The number of piperidine rings is 1. The number of likely N-dealkylation sites (tertiary alicyclic amines) is 1. The molecule has 0 atom stereocenters. The van der Waals surface area contributed by atoms with Crippen LogP contribution in [0.5, 0.6) is 0 Å². The van der Waals surface area contributed by atoms with Gasteiger partial charge in [-0.15, -0.1) is 0 Å². The minimum Gasteiger partial charge on any atom is -0.359 e. The highest BCUT2D eigenvalue weighted by Crippen LogP contribution is 2.21. The summed E-state index contributed by atoms with van der Waals surface area (Å²) in [7, 11) is 1.69. The van der Waals surface area contributed by atoms with Gasteiger partial charge in [-0.3, -0.25) is 9.69 Å². The molecule has 3 rings (SSSR count). The van der Waals surface area contributed by atoms with Gasteiger partial charge in [-0.2, -0.15) is 16.3 Å². The van der Waals surface area contributed by atoms with E-state index < -0.39 is 0 Å². The molecule has 1 fully saturated rings. The van der Waals surface area contributed by atoms with Gasteiger partial charge in [0.05, 0.1) is 6.54 Å². The van der Waals surface area contributed by atoms with Crippen molar-refractivity contribution in [1.82, 2.24) is 20.4 Å². The SMILES string of the molecule is CNC(=O)C1CCN(Cc2nc(-c3ccsc3)no2)CC1. The van der Waals surface area contributed by atoms with Crippen molar-refractivity contribution in [3.05, 3.63) is 22.7 Å². The lowest BCUT2D eigenvalue weighted by Crippen LogP contribution is -2.39. The number of carbonyl (C=O) groups is 1. The third-order valence-electron chi connectivity index (χ3n) is 3.81. The third kappa shape index (κ3) is 3.30. The van der Waals surface area contributed by atoms with E-state index in [0.717, 1.165) is 31.5 Å². The molecule has 3 heterocycles. The second-order valence-electron chi connectivity index (χ2n) is 5.19. The first-order chi connectivity index (χ1) is 10.3. The van der Waals surface area contributed by atoms with Crippen LogP contribution in [-0.4, -0.2) is 41.1 Å². The van der Waals surface area contributed by atoms with E-state index in [9.17, 15) is 4.79 Å². The summed E-state index contributed by atoms with van der Waals surface area (Å²) in [4.78, 5) is 18.3. The summed E-state index contributed by atoms with van der Waals surface area (Å²) in [6, 6.07) is 1.98. The van der Waals surface area contributed by atoms with E-state index >= 15 is 0 Å². The first-order valence-corrected chi connectivity index (χ1v) is 7.99. The molecule has 21 heavy (non-hydrogen) atoms. The minimum absolute atomic E-state index is 0.135. The van der Waals surface area contributed by atoms with Gasteiger partial charge < -0.3 is 9.84 Å². The minimum atomic E-state index is 0.135. The molecule has 0 saturated carbocycles. The van der Waals surface area contributed by atoms with Crippen LogP contribution in [0.2, 0.25) is 0 Å². The van der Waals surface area contributed by atoms with Gasteiger partial charge in [-0.1, -0.05) is 5.16 Å². The monoisotopic (exact) mass is 306 g/mol. The van der Waals surface area contributed by atoms with Crippen LogP contribution in [0.4, 0.5) is 0 Å². The average molecular weight is 306 g/mol. The molecule has 1 saturated heterocycles. The van der Waals surface area contributed by atoms with Crippen molar-refractivity contribution in [3.63, 3.8) is 0 Å². The number of nitrogens with one attached hydrogen (secondary N) is 1. The molecule has 1 N–H and O–H groups in total. The molecule has 1 amide bonds. The molecular weight excluding hydrogens is 288 g/mol. The van der Waals surface area contributed by atoms with Crippen LogP contribution in [0.25, 0.3) is 11.4 Å². The zero-order chi connectivity index (χ0) is 14.7. The molecule has 0 bridgehead atoms. The molecule has 0 radical (unpaired) electrons. The Hall–Kier alpha value is -1.73. The van der Waals surface area contributed by atoms with Crippen LogP contribution in [0.1, 0.15) is 18.7 Å². The Labute approximate surface area is 127 Å². The van der Waals surface area contributed by atoms with Crippen LogP contribution < -0.4 is 5.32 Å². The lowest BCUT2D eigenvalue weighted by atomic mass is 9.96. The van der Waals surface area contributed by atoms with E-state index in [-0.39, 0.29) is 11.8 Å². The van der Waals surface area contributed by atoms with Gasteiger partial charge in [0.1, 0.15) is 0 Å². The van der Waals surface area contributed by atoms with Gasteiger partial charge in [0.15, 0.2) is 0 Å². The van der Waals surface area contributed by atoms with Crippen LogP contribution in [0.3, 0.4) is 0 Å². The van der Waals surface area contributed by atoms with Crippen LogP contribution in [-0.2, 0) is 11.3 Å². The van der Waals surface area contributed by atoms with E-state index in [4.69, 9.17) is 4.52 Å². The molecule has 0 aliphatic carbocycles. The summed E-state index contributed by atoms with van der Waals surface area (Å²) in [5, 5.41) is 10.7. The van der Waals surface area contributed by atoms with E-state index in [2.05, 4.69) is 20.4 Å². The van der Waals surface area contributed by atoms with Gasteiger partial charge in [-0.25, -0.2) is 0 Å². The first-order valence-electron chi connectivity index (χ1n) is 7.05. The summed E-state index contributed by atoms with van der Waals surface area (Å²) in [6.07, 6.45) is 1.76. The van der Waals surface area contributed by atoms with Gasteiger partial charge in [0.25, 0.3) is 0 Å². The Balaban J connectivity index is 1.55. The van der Waals surface area contributed by atoms with Crippen LogP contribution in [0, 0.1) is 5.92 Å². The van der Waals surface area contributed by atoms with Crippen LogP contribution in [0.15, 0.2) is 21.3 Å². The normalized spacial score (nSPS) is 17.0. The van der Waals surface area contributed by atoms with Crippen LogP contribution >= 0.6 is 11.3 Å². The molecule has 0 spiro atoms. The van der Waals surface area contributed by atoms with Gasteiger partial charge in [0, 0.05) is 23.9 Å². The summed E-state index contributed by atoms with van der Waals surface area (Å²) in [5.74, 6) is 1.56. The van der Waals surface area contributed by atoms with Crippen molar-refractivity contribution < 1.29 is 9.32 Å². The fraction of sp³-hybridized carbons (Fsp3) is 0.500. The molecule has 7 heteroatoms. The van der Waals surface area contributed by atoms with Gasteiger partial charge in [-0.05, 0) is 37.4 Å². The predicted molar refractivity (Wildman–Crippen MR) is 79.7 cm³/mol. The molecule has 2 aromatic heterocycles. The molecule has 1 aliphatic heterocycles. The van der Waals surface area contributed by atoms with E-state index in [1.54, 1.807) is 18.4 Å². The maximum atomic E-state index is 11.6. The fourth-order valence-electron chi connectivity index (χ4n) is 2.58. The zero-order valence-electron chi connectivity index (χ0n) is 11.9. The Bertz CT molecular complexity index is 588. The number of nitrogens with zero attached hydrogens (tertiary/aromatic N) is 3. The largest absolute Gasteiger partial charge is 0.359 e.